The summed E-state index contributed by atoms with van der Waals surface area (Å²) in [6.07, 6.45) is 2.68. The predicted octanol–water partition coefficient (Wildman–Crippen LogP) is 13.7. The van der Waals surface area contributed by atoms with Gasteiger partial charge in [-0.15, -0.1) is 23.8 Å². The third-order valence-corrected chi connectivity index (χ3v) is 11.3. The number of rotatable bonds is 8. The fraction of sp³-hybridized carbons (Fsp3) is 0.0182. The Balaban J connectivity index is 0.00000445. The van der Waals surface area contributed by atoms with Crippen LogP contribution in [0.15, 0.2) is 205 Å². The number of nitrogens with zero attached hydrogens (tertiary/aromatic N) is 3. The zero-order chi connectivity index (χ0) is 40.0. The smallest absolute Gasteiger partial charge is 0.148 e. The van der Waals surface area contributed by atoms with Crippen molar-refractivity contribution in [3.63, 3.8) is 0 Å². The molecule has 0 unspecified atom stereocenters. The number of pyridine rings is 1. The zero-order valence-electron chi connectivity index (χ0n) is 32.8. The maximum absolute atomic E-state index is 12.0. The van der Waals surface area contributed by atoms with Crippen LogP contribution in [0.5, 0.6) is 5.75 Å². The summed E-state index contributed by atoms with van der Waals surface area (Å²) in [6, 6.07) is 69.9. The Morgan fingerprint density at radius 1 is 0.541 bits per heavy atom. The molecule has 0 aliphatic carbocycles. The first-order valence-electron chi connectivity index (χ1n) is 20.1. The molecule has 6 heteroatoms. The molecule has 0 aliphatic heterocycles. The minimum atomic E-state index is 0. The van der Waals surface area contributed by atoms with Crippen LogP contribution >= 0.6 is 0 Å². The third-order valence-electron chi connectivity index (χ3n) is 11.3. The molecule has 8 aromatic carbocycles. The molecule has 0 amide bonds. The summed E-state index contributed by atoms with van der Waals surface area (Å²) in [4.78, 5) is 10.4. The molecule has 0 saturated carbocycles. The average Bonchev–Trinajstić information content (AvgIpc) is 3.89. The maximum Gasteiger partial charge on any atom is 0.148 e. The number of benzene rings is 8. The first-order valence-corrected chi connectivity index (χ1v) is 20.1. The van der Waals surface area contributed by atoms with E-state index in [0.717, 1.165) is 89.7 Å². The number of phenolic OH excluding ortho intramolecular Hbond substituents is 1. The molecule has 3 heterocycles. The fourth-order valence-electron chi connectivity index (χ4n) is 8.46. The van der Waals surface area contributed by atoms with Gasteiger partial charge in [-0.05, 0) is 65.1 Å². The van der Waals surface area contributed by atoms with Crippen molar-refractivity contribution in [3.8, 4) is 67.5 Å². The number of aromatic hydroxyl groups is 1. The summed E-state index contributed by atoms with van der Waals surface area (Å²) in [5.74, 6) is 0.812. The van der Waals surface area contributed by atoms with Crippen LogP contribution in [0.4, 0.5) is 0 Å². The number of fused-ring (bicyclic) bond motifs is 4. The standard InChI is InChI=1S/C55H36N3O2.Pt/c59-53-45(38-18-6-2-7-19-38)25-13-26-48(53)55-57-52-44(24-14-27-49(52)58(55)43-21-8-3-9-22-43)41-33-40(39-20-12-17-37(32-39)31-36-15-4-1-5-16-36)34-42(35-41)51-54-47(29-30-56-51)46-23-10-11-28-50(46)60-54;/h1-30,32-34,59H,31H2;/q-1;. The SMILES string of the molecule is Oc1c(-c2ccccc2)cccc1-c1nc2c(-c3[c-]c(-c4nccc5c4oc4ccccc45)cc(-c4cccc(Cc5ccccc5)c4)c3)cccc2n1-c1ccccc1.[Pt]. The molecule has 0 atom stereocenters. The van der Waals surface area contributed by atoms with Crippen molar-refractivity contribution in [2.75, 3.05) is 0 Å². The van der Waals surface area contributed by atoms with Crippen molar-refractivity contribution in [1.29, 1.82) is 0 Å². The van der Waals surface area contributed by atoms with Gasteiger partial charge in [0, 0.05) is 55.0 Å². The minimum absolute atomic E-state index is 0. The molecule has 0 radical (unpaired) electrons. The van der Waals surface area contributed by atoms with E-state index in [2.05, 4.69) is 114 Å². The fourth-order valence-corrected chi connectivity index (χ4v) is 8.46. The Morgan fingerprint density at radius 3 is 2.03 bits per heavy atom. The summed E-state index contributed by atoms with van der Waals surface area (Å²) in [5, 5.41) is 14.0. The number of hydrogen-bond acceptors (Lipinski definition) is 4. The summed E-state index contributed by atoms with van der Waals surface area (Å²) < 4.78 is 8.67. The average molecular weight is 966 g/mol. The molecule has 0 saturated heterocycles. The summed E-state index contributed by atoms with van der Waals surface area (Å²) in [7, 11) is 0. The van der Waals surface area contributed by atoms with Gasteiger partial charge in [0.15, 0.2) is 0 Å². The Kier molecular flexibility index (Phi) is 9.96. The van der Waals surface area contributed by atoms with Crippen molar-refractivity contribution in [2.24, 2.45) is 0 Å². The number of para-hydroxylation sites is 4. The van der Waals surface area contributed by atoms with Gasteiger partial charge in [0.05, 0.1) is 16.6 Å². The van der Waals surface area contributed by atoms with Gasteiger partial charge in [0.1, 0.15) is 22.7 Å². The summed E-state index contributed by atoms with van der Waals surface area (Å²) >= 11 is 0. The second kappa shape index (κ2) is 16.0. The van der Waals surface area contributed by atoms with E-state index in [-0.39, 0.29) is 26.8 Å². The van der Waals surface area contributed by atoms with E-state index in [9.17, 15) is 5.11 Å². The van der Waals surface area contributed by atoms with E-state index >= 15 is 0 Å². The molecule has 0 fully saturated rings. The van der Waals surface area contributed by atoms with Crippen molar-refractivity contribution in [3.05, 3.63) is 218 Å². The molecule has 0 aliphatic rings. The quantitative estimate of drug-likeness (QED) is 0.154. The van der Waals surface area contributed by atoms with Crippen LogP contribution in [0.1, 0.15) is 11.1 Å². The number of imidazole rings is 1. The van der Waals surface area contributed by atoms with Gasteiger partial charge in [-0.3, -0.25) is 9.55 Å². The Hall–Kier alpha value is -7.33. The van der Waals surface area contributed by atoms with Crippen molar-refractivity contribution in [1.82, 2.24) is 14.5 Å². The van der Waals surface area contributed by atoms with Gasteiger partial charge >= 0.3 is 0 Å². The van der Waals surface area contributed by atoms with E-state index in [1.54, 1.807) is 0 Å². The van der Waals surface area contributed by atoms with Gasteiger partial charge in [-0.1, -0.05) is 162 Å². The molecule has 294 valence electrons. The topological polar surface area (TPSA) is 64.1 Å². The molecular weight excluding hydrogens is 930 g/mol. The van der Waals surface area contributed by atoms with Gasteiger partial charge in [-0.2, -0.15) is 0 Å². The predicted molar refractivity (Wildman–Crippen MR) is 243 cm³/mol. The molecule has 11 rings (SSSR count). The molecule has 0 bridgehead atoms. The number of hydrogen-bond donors (Lipinski definition) is 1. The molecular formula is C55H36N3O2Pt-. The Labute approximate surface area is 367 Å². The van der Waals surface area contributed by atoms with E-state index in [0.29, 0.717) is 11.4 Å². The van der Waals surface area contributed by atoms with Crippen LogP contribution in [0.25, 0.3) is 94.7 Å². The van der Waals surface area contributed by atoms with Gasteiger partial charge < -0.3 is 9.52 Å². The molecule has 11 aromatic rings. The van der Waals surface area contributed by atoms with Crippen molar-refractivity contribution >= 4 is 33.0 Å². The van der Waals surface area contributed by atoms with Gasteiger partial charge in [-0.25, -0.2) is 4.98 Å². The second-order valence-corrected chi connectivity index (χ2v) is 15.0. The molecule has 61 heavy (non-hydrogen) atoms. The monoisotopic (exact) mass is 965 g/mol. The van der Waals surface area contributed by atoms with Crippen LogP contribution in [0.2, 0.25) is 0 Å². The van der Waals surface area contributed by atoms with Crippen LogP contribution in [0, 0.1) is 6.07 Å². The van der Waals surface area contributed by atoms with E-state index in [1.807, 2.05) is 97.2 Å². The normalized spacial score (nSPS) is 11.3. The van der Waals surface area contributed by atoms with Crippen LogP contribution in [0.3, 0.4) is 0 Å². The Morgan fingerprint density at radius 2 is 1.20 bits per heavy atom. The molecule has 5 nitrogen and oxygen atoms in total. The molecule has 1 N–H and O–H groups in total. The van der Waals surface area contributed by atoms with Crippen LogP contribution in [-0.4, -0.2) is 19.6 Å². The zero-order valence-corrected chi connectivity index (χ0v) is 35.0. The number of aromatic nitrogens is 3. The summed E-state index contributed by atoms with van der Waals surface area (Å²) in [6.45, 7) is 0. The van der Waals surface area contributed by atoms with Crippen molar-refractivity contribution < 1.29 is 30.6 Å². The van der Waals surface area contributed by atoms with Crippen LogP contribution in [-0.2, 0) is 27.5 Å². The van der Waals surface area contributed by atoms with E-state index < -0.39 is 0 Å². The van der Waals surface area contributed by atoms with Crippen LogP contribution < -0.4 is 0 Å². The number of furan rings is 1. The first kappa shape index (κ1) is 37.9. The summed E-state index contributed by atoms with van der Waals surface area (Å²) in [5.41, 5.74) is 14.4. The Bertz CT molecular complexity index is 3360. The number of phenols is 1. The molecule has 0 spiro atoms. The van der Waals surface area contributed by atoms with E-state index in [1.165, 1.54) is 11.1 Å². The maximum atomic E-state index is 12.0. The van der Waals surface area contributed by atoms with Crippen molar-refractivity contribution in [2.45, 2.75) is 6.42 Å². The van der Waals surface area contributed by atoms with Gasteiger partial charge in [0.2, 0.25) is 0 Å². The third kappa shape index (κ3) is 6.93. The minimum Gasteiger partial charge on any atom is -0.507 e. The van der Waals surface area contributed by atoms with E-state index in [4.69, 9.17) is 14.4 Å². The first-order chi connectivity index (χ1) is 29.7. The van der Waals surface area contributed by atoms with Gasteiger partial charge in [0.25, 0.3) is 0 Å². The second-order valence-electron chi connectivity index (χ2n) is 15.0. The molecule has 3 aromatic heterocycles. The largest absolute Gasteiger partial charge is 0.507 e.